The Balaban J connectivity index is 2.71. The number of cyclic esters (lactones) is 1. The van der Waals surface area contributed by atoms with E-state index >= 15 is 0 Å². The van der Waals surface area contributed by atoms with E-state index in [1.54, 1.807) is 0 Å². The van der Waals surface area contributed by atoms with Crippen LogP contribution in [-0.2, 0) is 19.1 Å². The van der Waals surface area contributed by atoms with Gasteiger partial charge in [0.15, 0.2) is 18.0 Å². The lowest BCUT2D eigenvalue weighted by atomic mass is 9.94. The van der Waals surface area contributed by atoms with Crippen molar-refractivity contribution in [1.29, 1.82) is 0 Å². The van der Waals surface area contributed by atoms with Crippen molar-refractivity contribution in [2.75, 3.05) is 13.2 Å². The molecule has 1 saturated heterocycles. The van der Waals surface area contributed by atoms with Gasteiger partial charge in [-0.3, -0.25) is 0 Å². The van der Waals surface area contributed by atoms with Crippen molar-refractivity contribution < 1.29 is 70.1 Å². The lowest BCUT2D eigenvalue weighted by Crippen LogP contribution is -2.61. The smallest absolute Gasteiger partial charge is 0.377 e. The summed E-state index contributed by atoms with van der Waals surface area (Å²) in [5.74, 6) is -6.09. The van der Waals surface area contributed by atoms with E-state index in [9.17, 15) is 50.4 Å². The highest BCUT2D eigenvalue weighted by molar-refractivity contribution is 5.86. The van der Waals surface area contributed by atoms with Gasteiger partial charge in [-0.2, -0.15) is 0 Å². The number of aliphatic hydroxyl groups excluding tert-OH is 10. The van der Waals surface area contributed by atoms with Gasteiger partial charge in [0.25, 0.3) is 0 Å². The van der Waals surface area contributed by atoms with E-state index in [0.717, 1.165) is 0 Å². The van der Waals surface area contributed by atoms with Crippen molar-refractivity contribution in [2.24, 2.45) is 0 Å². The summed E-state index contributed by atoms with van der Waals surface area (Å²) in [5, 5.41) is 94.0. The number of hydrogen-bond acceptors (Lipinski definition) is 14. The van der Waals surface area contributed by atoms with Crippen molar-refractivity contribution in [3.63, 3.8) is 0 Å². The van der Waals surface area contributed by atoms with Gasteiger partial charge < -0.3 is 60.5 Å². The molecule has 1 rings (SSSR count). The molecule has 1 heterocycles. The van der Waals surface area contributed by atoms with E-state index < -0.39 is 85.5 Å². The first kappa shape index (κ1) is 24.0. The van der Waals surface area contributed by atoms with Gasteiger partial charge in [0.2, 0.25) is 5.76 Å². The minimum Gasteiger partial charge on any atom is -0.506 e. The van der Waals surface area contributed by atoms with Crippen LogP contribution >= 0.6 is 0 Å². The SMILES string of the molecule is O=C(OC[C@@H](O)[C@@H](O)[C@@H]1OC(=O)[C@H](O)[C@H](O)[C@@H]1O)/C(O)=C(/O)[C@H](O)[C@@H](O)CO. The topological polar surface area (TPSA) is 255 Å². The fourth-order valence-electron chi connectivity index (χ4n) is 2.14. The van der Waals surface area contributed by atoms with Crippen molar-refractivity contribution >= 4 is 11.9 Å². The zero-order chi connectivity index (χ0) is 21.8. The highest BCUT2D eigenvalue weighted by Crippen LogP contribution is 2.21. The molecule has 14 nitrogen and oxygen atoms in total. The number of hydrogen-bond donors (Lipinski definition) is 10. The van der Waals surface area contributed by atoms with E-state index in [-0.39, 0.29) is 0 Å². The van der Waals surface area contributed by atoms with E-state index in [0.29, 0.717) is 0 Å². The Hall–Kier alpha value is -2.04. The van der Waals surface area contributed by atoms with Gasteiger partial charge >= 0.3 is 11.9 Å². The number of esters is 2. The van der Waals surface area contributed by atoms with Crippen LogP contribution in [0, 0.1) is 0 Å². The summed E-state index contributed by atoms with van der Waals surface area (Å²) in [6.07, 6.45) is -16.2. The second-order valence-corrected chi connectivity index (χ2v) is 5.91. The zero-order valence-corrected chi connectivity index (χ0v) is 14.1. The van der Waals surface area contributed by atoms with Crippen molar-refractivity contribution in [3.05, 3.63) is 11.5 Å². The fraction of sp³-hybridized carbons (Fsp3) is 0.714. The molecule has 0 aromatic rings. The maximum absolute atomic E-state index is 11.6. The van der Waals surface area contributed by atoms with Crippen LogP contribution in [0.2, 0.25) is 0 Å². The van der Waals surface area contributed by atoms with E-state index in [1.165, 1.54) is 0 Å². The molecule has 10 N–H and O–H groups in total. The van der Waals surface area contributed by atoms with Crippen LogP contribution in [0.1, 0.15) is 0 Å². The predicted octanol–water partition coefficient (Wildman–Crippen LogP) is -5.70. The van der Waals surface area contributed by atoms with Gasteiger partial charge in [-0.25, -0.2) is 9.59 Å². The lowest BCUT2D eigenvalue weighted by molar-refractivity contribution is -0.224. The molecular weight excluding hydrogens is 392 g/mol. The molecule has 14 heteroatoms. The Morgan fingerprint density at radius 3 is 2.14 bits per heavy atom. The second kappa shape index (κ2) is 9.94. The third kappa shape index (κ3) is 5.27. The van der Waals surface area contributed by atoms with Crippen LogP contribution in [0.3, 0.4) is 0 Å². The van der Waals surface area contributed by atoms with Crippen LogP contribution in [0.4, 0.5) is 0 Å². The van der Waals surface area contributed by atoms with Gasteiger partial charge in [-0.15, -0.1) is 0 Å². The molecule has 0 aromatic carbocycles. The molecule has 1 aliphatic heterocycles. The quantitative estimate of drug-likeness (QED) is 0.101. The summed E-state index contributed by atoms with van der Waals surface area (Å²) in [5.41, 5.74) is 0. The second-order valence-electron chi connectivity index (χ2n) is 5.91. The van der Waals surface area contributed by atoms with Crippen LogP contribution in [0.25, 0.3) is 0 Å². The first-order chi connectivity index (χ1) is 12.9. The molecular formula is C14H22O14. The summed E-state index contributed by atoms with van der Waals surface area (Å²) in [6.45, 7) is -2.09. The van der Waals surface area contributed by atoms with Crippen LogP contribution in [0.15, 0.2) is 11.5 Å². The molecule has 162 valence electrons. The standard InChI is InChI=1S/C14H22O14/c15-1-3(16)5(18)7(20)10(23)13(25)27-2-4(17)6(19)12-9(22)8(21)11(24)14(26)28-12/h3-6,8-9,11-12,15-24H,1-2H2/b10-7-/t3-,4+,5+,6+,8+,9-,11+,12-/m0/s1. The molecule has 0 saturated carbocycles. The number of rotatable bonds is 8. The highest BCUT2D eigenvalue weighted by Gasteiger charge is 2.48. The maximum atomic E-state index is 11.6. The van der Waals surface area contributed by atoms with Gasteiger partial charge in [0, 0.05) is 0 Å². The zero-order valence-electron chi connectivity index (χ0n) is 14.1. The summed E-state index contributed by atoms with van der Waals surface area (Å²) >= 11 is 0. The number of carbonyl (C=O) groups is 2. The van der Waals surface area contributed by atoms with Crippen LogP contribution < -0.4 is 0 Å². The van der Waals surface area contributed by atoms with Gasteiger partial charge in [-0.05, 0) is 0 Å². The third-order valence-electron chi connectivity index (χ3n) is 3.89. The average Bonchev–Trinajstić information content (AvgIpc) is 2.69. The van der Waals surface area contributed by atoms with Gasteiger partial charge in [0.1, 0.15) is 43.2 Å². The number of ether oxygens (including phenoxy) is 2. The molecule has 0 amide bonds. The molecule has 0 radical (unpaired) electrons. The minimum absolute atomic E-state index is 1.01. The number of carbonyl (C=O) groups excluding carboxylic acids is 2. The lowest BCUT2D eigenvalue weighted by Gasteiger charge is -2.37. The van der Waals surface area contributed by atoms with Gasteiger partial charge in [-0.1, -0.05) is 0 Å². The Labute approximate surface area is 156 Å². The molecule has 0 bridgehead atoms. The third-order valence-corrected chi connectivity index (χ3v) is 3.89. The molecule has 0 aromatic heterocycles. The molecule has 8 atom stereocenters. The van der Waals surface area contributed by atoms with Crippen molar-refractivity contribution in [1.82, 2.24) is 0 Å². The Morgan fingerprint density at radius 2 is 1.61 bits per heavy atom. The molecule has 0 spiro atoms. The maximum Gasteiger partial charge on any atom is 0.377 e. The fourth-order valence-corrected chi connectivity index (χ4v) is 2.14. The summed E-state index contributed by atoms with van der Waals surface area (Å²) in [7, 11) is 0. The van der Waals surface area contributed by atoms with Crippen molar-refractivity contribution in [3.8, 4) is 0 Å². The first-order valence-electron chi connectivity index (χ1n) is 7.81. The van der Waals surface area contributed by atoms with Crippen molar-refractivity contribution in [2.45, 2.75) is 48.8 Å². The normalized spacial score (nSPS) is 30.5. The molecule has 28 heavy (non-hydrogen) atoms. The minimum atomic E-state index is -2.22. The Bertz CT molecular complexity index is 591. The van der Waals surface area contributed by atoms with Crippen LogP contribution in [0.5, 0.6) is 0 Å². The summed E-state index contributed by atoms with van der Waals surface area (Å²) in [6, 6.07) is 0. The average molecular weight is 414 g/mol. The Kier molecular flexibility index (Phi) is 8.52. The van der Waals surface area contributed by atoms with E-state index in [2.05, 4.69) is 9.47 Å². The molecule has 0 unspecified atom stereocenters. The highest BCUT2D eigenvalue weighted by atomic mass is 16.6. The molecule has 1 fully saturated rings. The molecule has 0 aliphatic carbocycles. The summed E-state index contributed by atoms with van der Waals surface area (Å²) < 4.78 is 8.86. The Morgan fingerprint density at radius 1 is 1.04 bits per heavy atom. The first-order valence-corrected chi connectivity index (χ1v) is 7.81. The predicted molar refractivity (Wildman–Crippen MR) is 82.3 cm³/mol. The van der Waals surface area contributed by atoms with Crippen LogP contribution in [-0.4, -0.2) is 125 Å². The summed E-state index contributed by atoms with van der Waals surface area (Å²) in [4.78, 5) is 22.9. The number of aliphatic hydroxyl groups is 10. The molecule has 1 aliphatic rings. The van der Waals surface area contributed by atoms with Gasteiger partial charge in [0.05, 0.1) is 6.61 Å². The van der Waals surface area contributed by atoms with E-state index in [4.69, 9.17) is 10.2 Å². The van der Waals surface area contributed by atoms with E-state index in [1.807, 2.05) is 0 Å². The monoisotopic (exact) mass is 414 g/mol. The largest absolute Gasteiger partial charge is 0.506 e.